The summed E-state index contributed by atoms with van der Waals surface area (Å²) in [4.78, 5) is 29.7. The number of hydrogen-bond acceptors (Lipinski definition) is 4. The summed E-state index contributed by atoms with van der Waals surface area (Å²) in [7, 11) is 0. The second-order valence-electron chi connectivity index (χ2n) is 5.75. The molecule has 6 heteroatoms. The number of thiazole rings is 1. The lowest BCUT2D eigenvalue weighted by molar-refractivity contribution is -0.149. The van der Waals surface area contributed by atoms with Gasteiger partial charge in [0.25, 0.3) is 0 Å². The van der Waals surface area contributed by atoms with E-state index in [0.717, 1.165) is 17.8 Å². The fourth-order valence-electron chi connectivity index (χ4n) is 3.58. The second-order valence-corrected chi connectivity index (χ2v) is 6.73. The van der Waals surface area contributed by atoms with Crippen LogP contribution in [-0.2, 0) is 16.0 Å². The number of carboxylic acids is 1. The van der Waals surface area contributed by atoms with E-state index >= 15 is 0 Å². The maximum atomic E-state index is 12.2. The van der Waals surface area contributed by atoms with Gasteiger partial charge in [-0.05, 0) is 18.8 Å². The molecule has 2 atom stereocenters. The molecule has 1 aromatic rings. The molecule has 1 amide bonds. The van der Waals surface area contributed by atoms with Crippen molar-refractivity contribution in [2.24, 2.45) is 11.3 Å². The Kier molecular flexibility index (Phi) is 3.50. The third kappa shape index (κ3) is 2.22. The number of hydrogen-bond donors (Lipinski definition) is 1. The number of nitrogens with zero attached hydrogens (tertiary/aromatic N) is 2. The van der Waals surface area contributed by atoms with E-state index in [0.29, 0.717) is 32.4 Å². The van der Waals surface area contributed by atoms with Crippen molar-refractivity contribution >= 4 is 23.2 Å². The second kappa shape index (κ2) is 5.16. The van der Waals surface area contributed by atoms with Crippen molar-refractivity contribution in [3.8, 4) is 0 Å². The predicted molar refractivity (Wildman–Crippen MR) is 74.4 cm³/mol. The molecule has 108 valence electrons. The number of aromatic nitrogens is 1. The van der Waals surface area contributed by atoms with Gasteiger partial charge in [-0.3, -0.25) is 9.59 Å². The van der Waals surface area contributed by atoms with E-state index in [1.54, 1.807) is 22.4 Å². The van der Waals surface area contributed by atoms with Crippen molar-refractivity contribution < 1.29 is 14.7 Å². The van der Waals surface area contributed by atoms with Gasteiger partial charge in [0.15, 0.2) is 0 Å². The number of rotatable bonds is 4. The molecule has 2 aliphatic rings. The molecule has 0 aromatic carbocycles. The number of aryl methyl sites for hydroxylation is 1. The van der Waals surface area contributed by atoms with Crippen LogP contribution >= 0.6 is 11.3 Å². The van der Waals surface area contributed by atoms with Gasteiger partial charge in [0.2, 0.25) is 5.91 Å². The fourth-order valence-corrected chi connectivity index (χ4v) is 4.20. The van der Waals surface area contributed by atoms with E-state index in [9.17, 15) is 14.7 Å². The molecule has 2 heterocycles. The number of aliphatic carboxylic acids is 1. The monoisotopic (exact) mass is 294 g/mol. The highest BCUT2D eigenvalue weighted by molar-refractivity contribution is 7.09. The van der Waals surface area contributed by atoms with Crippen LogP contribution in [-0.4, -0.2) is 40.0 Å². The van der Waals surface area contributed by atoms with Crippen molar-refractivity contribution in [2.75, 3.05) is 13.1 Å². The van der Waals surface area contributed by atoms with Gasteiger partial charge in [0.05, 0.1) is 10.4 Å². The van der Waals surface area contributed by atoms with Crippen molar-refractivity contribution in [1.82, 2.24) is 9.88 Å². The summed E-state index contributed by atoms with van der Waals surface area (Å²) >= 11 is 1.55. The van der Waals surface area contributed by atoms with Gasteiger partial charge in [0, 0.05) is 37.5 Å². The van der Waals surface area contributed by atoms with E-state index in [1.165, 1.54) is 0 Å². The van der Waals surface area contributed by atoms with Gasteiger partial charge >= 0.3 is 5.97 Å². The third-order valence-electron chi connectivity index (χ3n) is 4.69. The fraction of sp³-hybridized carbons (Fsp3) is 0.643. The zero-order valence-corrected chi connectivity index (χ0v) is 12.1. The zero-order valence-electron chi connectivity index (χ0n) is 11.2. The highest BCUT2D eigenvalue weighted by Crippen LogP contribution is 2.48. The zero-order chi connectivity index (χ0) is 14.2. The van der Waals surface area contributed by atoms with Gasteiger partial charge in [-0.15, -0.1) is 11.3 Å². The molecule has 1 aromatic heterocycles. The molecule has 0 unspecified atom stereocenters. The Morgan fingerprint density at radius 2 is 2.40 bits per heavy atom. The Hall–Kier alpha value is -1.43. The smallest absolute Gasteiger partial charge is 0.311 e. The first-order valence-corrected chi connectivity index (χ1v) is 7.89. The third-order valence-corrected chi connectivity index (χ3v) is 5.52. The molecule has 0 radical (unpaired) electrons. The summed E-state index contributed by atoms with van der Waals surface area (Å²) < 4.78 is 0. The Morgan fingerprint density at radius 3 is 3.05 bits per heavy atom. The first-order valence-electron chi connectivity index (χ1n) is 7.01. The molecule has 5 nitrogen and oxygen atoms in total. The highest BCUT2D eigenvalue weighted by Gasteiger charge is 2.55. The van der Waals surface area contributed by atoms with E-state index < -0.39 is 11.4 Å². The number of fused-ring (bicyclic) bond motifs is 1. The topological polar surface area (TPSA) is 70.5 Å². The average molecular weight is 294 g/mol. The van der Waals surface area contributed by atoms with Crippen LogP contribution in [0.4, 0.5) is 0 Å². The number of carbonyl (C=O) groups excluding carboxylic acids is 1. The highest BCUT2D eigenvalue weighted by atomic mass is 32.1. The molecule has 1 saturated heterocycles. The number of likely N-dealkylation sites (tertiary alicyclic amines) is 1. The van der Waals surface area contributed by atoms with Crippen LogP contribution in [0.3, 0.4) is 0 Å². The van der Waals surface area contributed by atoms with Gasteiger partial charge in [-0.25, -0.2) is 4.98 Å². The quantitative estimate of drug-likeness (QED) is 0.919. The van der Waals surface area contributed by atoms with Crippen LogP contribution in [0.1, 0.15) is 30.7 Å². The van der Waals surface area contributed by atoms with Gasteiger partial charge in [0.1, 0.15) is 0 Å². The van der Waals surface area contributed by atoms with Gasteiger partial charge < -0.3 is 10.0 Å². The van der Waals surface area contributed by atoms with Crippen LogP contribution in [0.15, 0.2) is 11.6 Å². The molecule has 1 aliphatic heterocycles. The Labute approximate surface area is 121 Å². The Balaban J connectivity index is 1.62. The molecule has 2 fully saturated rings. The summed E-state index contributed by atoms with van der Waals surface area (Å²) in [6.45, 7) is 1.01. The average Bonchev–Trinajstić information content (AvgIpc) is 3.10. The molecular formula is C14H18N2O3S. The van der Waals surface area contributed by atoms with Crippen molar-refractivity contribution in [1.29, 1.82) is 0 Å². The lowest BCUT2D eigenvalue weighted by Gasteiger charge is -2.23. The molecule has 1 N–H and O–H groups in total. The molecule has 20 heavy (non-hydrogen) atoms. The van der Waals surface area contributed by atoms with E-state index in [4.69, 9.17) is 0 Å². The standard InChI is InChI=1S/C14H18N2O3S/c17-12(4-3-11-15-6-7-20-11)16-8-10-2-1-5-14(10,9-16)13(18)19/h6-7,10H,1-5,8-9H2,(H,18,19)/t10-,14+/m0/s1. The molecule has 0 spiro atoms. The summed E-state index contributed by atoms with van der Waals surface area (Å²) in [6.07, 6.45) is 5.43. The first-order chi connectivity index (χ1) is 9.62. The lowest BCUT2D eigenvalue weighted by Crippen LogP contribution is -2.37. The van der Waals surface area contributed by atoms with Crippen LogP contribution in [0.25, 0.3) is 0 Å². The minimum absolute atomic E-state index is 0.0650. The van der Waals surface area contributed by atoms with Gasteiger partial charge in [-0.2, -0.15) is 0 Å². The number of carboxylic acid groups (broad SMARTS) is 1. The van der Waals surface area contributed by atoms with Crippen LogP contribution in [0.2, 0.25) is 0 Å². The number of carbonyl (C=O) groups is 2. The molecule has 0 bridgehead atoms. The summed E-state index contributed by atoms with van der Waals surface area (Å²) in [6, 6.07) is 0. The lowest BCUT2D eigenvalue weighted by atomic mass is 9.81. The Bertz CT molecular complexity index is 516. The summed E-state index contributed by atoms with van der Waals surface area (Å²) in [5.41, 5.74) is -0.670. The Morgan fingerprint density at radius 1 is 1.55 bits per heavy atom. The summed E-state index contributed by atoms with van der Waals surface area (Å²) in [5.74, 6) is -0.519. The first kappa shape index (κ1) is 13.5. The van der Waals surface area contributed by atoms with Gasteiger partial charge in [-0.1, -0.05) is 6.42 Å². The molecular weight excluding hydrogens is 276 g/mol. The maximum Gasteiger partial charge on any atom is 0.311 e. The molecule has 1 aliphatic carbocycles. The van der Waals surface area contributed by atoms with Crippen LogP contribution in [0, 0.1) is 11.3 Å². The predicted octanol–water partition coefficient (Wildman–Crippen LogP) is 1.79. The number of amides is 1. The minimum atomic E-state index is -0.727. The minimum Gasteiger partial charge on any atom is -0.481 e. The molecule has 1 saturated carbocycles. The van der Waals surface area contributed by atoms with E-state index in [-0.39, 0.29) is 11.8 Å². The largest absolute Gasteiger partial charge is 0.481 e. The molecule has 3 rings (SSSR count). The van der Waals surface area contributed by atoms with E-state index in [1.807, 2.05) is 5.38 Å². The van der Waals surface area contributed by atoms with Crippen molar-refractivity contribution in [3.63, 3.8) is 0 Å². The maximum absolute atomic E-state index is 12.2. The van der Waals surface area contributed by atoms with Crippen molar-refractivity contribution in [3.05, 3.63) is 16.6 Å². The summed E-state index contributed by atoms with van der Waals surface area (Å²) in [5, 5.41) is 12.4. The van der Waals surface area contributed by atoms with Crippen molar-refractivity contribution in [2.45, 2.75) is 32.1 Å². The van der Waals surface area contributed by atoms with Crippen LogP contribution in [0.5, 0.6) is 0 Å². The SMILES string of the molecule is O=C(CCc1nccs1)N1C[C@@H]2CCC[C@@]2(C(=O)O)C1. The van der Waals surface area contributed by atoms with Crippen LogP contribution < -0.4 is 0 Å². The van der Waals surface area contributed by atoms with E-state index in [2.05, 4.69) is 4.98 Å². The normalized spacial score (nSPS) is 28.6.